The van der Waals surface area contributed by atoms with E-state index in [1.165, 1.54) is 0 Å². The van der Waals surface area contributed by atoms with E-state index in [1.54, 1.807) is 31.4 Å². The van der Waals surface area contributed by atoms with Gasteiger partial charge in [0.25, 0.3) is 0 Å². The van der Waals surface area contributed by atoms with E-state index in [4.69, 9.17) is 14.2 Å². The fraction of sp³-hybridized carbons (Fsp3) is 0.167. The molecule has 1 heterocycles. The van der Waals surface area contributed by atoms with Gasteiger partial charge in [0.2, 0.25) is 5.78 Å². The van der Waals surface area contributed by atoms with Crippen molar-refractivity contribution in [2.24, 2.45) is 0 Å². The van der Waals surface area contributed by atoms with Crippen LogP contribution in [0.15, 0.2) is 48.2 Å². The number of methoxy groups -OCH3 is 1. The molecule has 22 heavy (non-hydrogen) atoms. The Labute approximate surface area is 128 Å². The van der Waals surface area contributed by atoms with Crippen LogP contribution in [0.25, 0.3) is 6.08 Å². The van der Waals surface area contributed by atoms with E-state index >= 15 is 0 Å². The predicted molar refractivity (Wildman–Crippen MR) is 83.5 cm³/mol. The molecule has 0 saturated carbocycles. The molecule has 3 rings (SSSR count). The van der Waals surface area contributed by atoms with Crippen molar-refractivity contribution in [3.8, 4) is 17.2 Å². The minimum absolute atomic E-state index is 0.135. The van der Waals surface area contributed by atoms with Gasteiger partial charge in [-0.3, -0.25) is 4.79 Å². The van der Waals surface area contributed by atoms with Gasteiger partial charge in [-0.15, -0.1) is 0 Å². The van der Waals surface area contributed by atoms with Crippen molar-refractivity contribution in [1.29, 1.82) is 0 Å². The fourth-order valence-corrected chi connectivity index (χ4v) is 2.35. The SMILES string of the molecule is CCOc1ccc2c(c1)O/C(=C\c1ccccc1OC)C2=O. The number of hydrogen-bond acceptors (Lipinski definition) is 4. The van der Waals surface area contributed by atoms with Gasteiger partial charge in [-0.1, -0.05) is 18.2 Å². The van der Waals surface area contributed by atoms with Crippen LogP contribution >= 0.6 is 0 Å². The van der Waals surface area contributed by atoms with E-state index in [1.807, 2.05) is 31.2 Å². The van der Waals surface area contributed by atoms with Crippen LogP contribution < -0.4 is 14.2 Å². The summed E-state index contributed by atoms with van der Waals surface area (Å²) >= 11 is 0. The second kappa shape index (κ2) is 5.93. The lowest BCUT2D eigenvalue weighted by Crippen LogP contribution is -1.98. The topological polar surface area (TPSA) is 44.8 Å². The molecular weight excluding hydrogens is 280 g/mol. The van der Waals surface area contributed by atoms with Gasteiger partial charge < -0.3 is 14.2 Å². The fourth-order valence-electron chi connectivity index (χ4n) is 2.35. The van der Waals surface area contributed by atoms with Crippen LogP contribution in [0.2, 0.25) is 0 Å². The second-order valence-electron chi connectivity index (χ2n) is 4.77. The number of fused-ring (bicyclic) bond motifs is 1. The van der Waals surface area contributed by atoms with Crippen molar-refractivity contribution in [2.45, 2.75) is 6.92 Å². The molecule has 0 aliphatic carbocycles. The Balaban J connectivity index is 1.94. The summed E-state index contributed by atoms with van der Waals surface area (Å²) in [5, 5.41) is 0. The van der Waals surface area contributed by atoms with Crippen LogP contribution in [-0.2, 0) is 0 Å². The Bertz CT molecular complexity index is 747. The molecule has 0 radical (unpaired) electrons. The number of carbonyl (C=O) groups excluding carboxylic acids is 1. The highest BCUT2D eigenvalue weighted by molar-refractivity contribution is 6.14. The molecule has 1 aliphatic rings. The monoisotopic (exact) mass is 296 g/mol. The molecule has 112 valence electrons. The van der Waals surface area contributed by atoms with Gasteiger partial charge in [0, 0.05) is 11.6 Å². The molecular formula is C18H16O4. The van der Waals surface area contributed by atoms with Gasteiger partial charge in [0.05, 0.1) is 19.3 Å². The summed E-state index contributed by atoms with van der Waals surface area (Å²) < 4.78 is 16.4. The minimum atomic E-state index is -0.135. The molecule has 4 nitrogen and oxygen atoms in total. The summed E-state index contributed by atoms with van der Waals surface area (Å²) in [5.74, 6) is 2.05. The lowest BCUT2D eigenvalue weighted by Gasteiger charge is -2.05. The van der Waals surface area contributed by atoms with Crippen LogP contribution in [0.1, 0.15) is 22.8 Å². The van der Waals surface area contributed by atoms with Gasteiger partial charge in [-0.25, -0.2) is 0 Å². The van der Waals surface area contributed by atoms with Gasteiger partial charge in [0.15, 0.2) is 5.76 Å². The molecule has 2 aromatic rings. The van der Waals surface area contributed by atoms with Crippen LogP contribution in [0.3, 0.4) is 0 Å². The zero-order valence-corrected chi connectivity index (χ0v) is 12.5. The van der Waals surface area contributed by atoms with Crippen LogP contribution in [0, 0.1) is 0 Å². The summed E-state index contributed by atoms with van der Waals surface area (Å²) in [7, 11) is 1.60. The van der Waals surface area contributed by atoms with Crippen LogP contribution in [0.5, 0.6) is 17.2 Å². The zero-order chi connectivity index (χ0) is 15.5. The van der Waals surface area contributed by atoms with E-state index in [0.717, 1.165) is 5.56 Å². The summed E-state index contributed by atoms with van der Waals surface area (Å²) in [4.78, 5) is 12.4. The van der Waals surface area contributed by atoms with E-state index < -0.39 is 0 Å². The molecule has 0 fully saturated rings. The molecule has 0 unspecified atom stereocenters. The van der Waals surface area contributed by atoms with Crippen molar-refractivity contribution in [3.63, 3.8) is 0 Å². The molecule has 1 aliphatic heterocycles. The molecule has 4 heteroatoms. The Hall–Kier alpha value is -2.75. The third-order valence-electron chi connectivity index (χ3n) is 3.38. The standard InChI is InChI=1S/C18H16O4/c1-3-21-13-8-9-14-16(11-13)22-17(18(14)19)10-12-6-4-5-7-15(12)20-2/h4-11H,3H2,1-2H3/b17-10-. The lowest BCUT2D eigenvalue weighted by molar-refractivity contribution is 0.101. The highest BCUT2D eigenvalue weighted by atomic mass is 16.5. The smallest absolute Gasteiger partial charge is 0.231 e. The zero-order valence-electron chi connectivity index (χ0n) is 12.5. The van der Waals surface area contributed by atoms with E-state index in [-0.39, 0.29) is 11.5 Å². The van der Waals surface area contributed by atoms with Crippen LogP contribution in [0.4, 0.5) is 0 Å². The third kappa shape index (κ3) is 2.55. The molecule has 0 saturated heterocycles. The highest BCUT2D eigenvalue weighted by Gasteiger charge is 2.28. The summed E-state index contributed by atoms with van der Waals surface area (Å²) in [6, 6.07) is 12.7. The van der Waals surface area contributed by atoms with Gasteiger partial charge in [-0.05, 0) is 31.2 Å². The number of ketones is 1. The molecule has 0 aromatic heterocycles. The summed E-state index contributed by atoms with van der Waals surface area (Å²) in [6.45, 7) is 2.48. The van der Waals surface area contributed by atoms with Gasteiger partial charge >= 0.3 is 0 Å². The van der Waals surface area contributed by atoms with Gasteiger partial charge in [-0.2, -0.15) is 0 Å². The van der Waals surface area contributed by atoms with Crippen molar-refractivity contribution >= 4 is 11.9 Å². The minimum Gasteiger partial charge on any atom is -0.496 e. The second-order valence-corrected chi connectivity index (χ2v) is 4.77. The summed E-state index contributed by atoms with van der Waals surface area (Å²) in [5.41, 5.74) is 1.34. The number of rotatable bonds is 4. The van der Waals surface area contributed by atoms with Crippen molar-refractivity contribution in [1.82, 2.24) is 0 Å². The maximum atomic E-state index is 12.4. The quantitative estimate of drug-likeness (QED) is 0.807. The Kier molecular flexibility index (Phi) is 3.83. The molecule has 0 spiro atoms. The highest BCUT2D eigenvalue weighted by Crippen LogP contribution is 2.35. The largest absolute Gasteiger partial charge is 0.496 e. The average Bonchev–Trinajstić information content (AvgIpc) is 2.84. The number of benzene rings is 2. The Morgan fingerprint density at radius 1 is 1.18 bits per heavy atom. The molecule has 0 amide bonds. The first-order valence-electron chi connectivity index (χ1n) is 7.07. The normalized spacial score (nSPS) is 14.6. The first-order valence-corrected chi connectivity index (χ1v) is 7.07. The van der Waals surface area contributed by atoms with E-state index in [0.29, 0.717) is 29.4 Å². The van der Waals surface area contributed by atoms with Crippen molar-refractivity contribution < 1.29 is 19.0 Å². The number of hydrogen-bond donors (Lipinski definition) is 0. The predicted octanol–water partition coefficient (Wildman–Crippen LogP) is 3.71. The van der Waals surface area contributed by atoms with Crippen molar-refractivity contribution in [2.75, 3.05) is 13.7 Å². The number of para-hydroxylation sites is 1. The Morgan fingerprint density at radius 2 is 2.00 bits per heavy atom. The number of carbonyl (C=O) groups is 1. The molecule has 0 atom stereocenters. The molecule has 2 aromatic carbocycles. The summed E-state index contributed by atoms with van der Waals surface area (Å²) in [6.07, 6.45) is 1.70. The van der Waals surface area contributed by atoms with Crippen molar-refractivity contribution in [3.05, 3.63) is 59.4 Å². The number of allylic oxidation sites excluding steroid dienone is 1. The van der Waals surface area contributed by atoms with Crippen LogP contribution in [-0.4, -0.2) is 19.5 Å². The van der Waals surface area contributed by atoms with Gasteiger partial charge in [0.1, 0.15) is 17.2 Å². The third-order valence-corrected chi connectivity index (χ3v) is 3.38. The first-order chi connectivity index (χ1) is 10.7. The molecule has 0 bridgehead atoms. The maximum Gasteiger partial charge on any atom is 0.231 e. The lowest BCUT2D eigenvalue weighted by atomic mass is 10.1. The maximum absolute atomic E-state index is 12.4. The number of Topliss-reactive ketones (excluding diaryl/α,β-unsaturated/α-hetero) is 1. The number of ether oxygens (including phenoxy) is 3. The Morgan fingerprint density at radius 3 is 2.77 bits per heavy atom. The van der Waals surface area contributed by atoms with E-state index in [9.17, 15) is 4.79 Å². The van der Waals surface area contributed by atoms with E-state index in [2.05, 4.69) is 0 Å². The first kappa shape index (κ1) is 14.2. The molecule has 0 N–H and O–H groups in total. The average molecular weight is 296 g/mol.